The highest BCUT2D eigenvalue weighted by atomic mass is 32.2. The Morgan fingerprint density at radius 2 is 2.05 bits per heavy atom. The molecule has 6 N–H and O–H groups in total. The zero-order chi connectivity index (χ0) is 31.1. The number of hydrogen-bond acceptors (Lipinski definition) is 13. The number of nitrogen functional groups attached to an aromatic ring is 1. The highest BCUT2D eigenvalue weighted by Crippen LogP contribution is 2.42. The second-order valence-corrected chi connectivity index (χ2v) is 14.2. The highest BCUT2D eigenvalue weighted by Gasteiger charge is 2.54. The fourth-order valence-corrected chi connectivity index (χ4v) is 9.39. The summed E-state index contributed by atoms with van der Waals surface area (Å²) in [6.07, 6.45) is 4.89. The van der Waals surface area contributed by atoms with Gasteiger partial charge in [-0.05, 0) is 24.5 Å². The number of rotatable bonds is 10. The van der Waals surface area contributed by atoms with Crippen molar-refractivity contribution in [2.24, 2.45) is 5.16 Å². The molecule has 5 heterocycles. The number of aromatic nitrogens is 3. The number of nitrogens with two attached hydrogens (primary N) is 1. The number of thioether (sulfide) groups is 2. The highest BCUT2D eigenvalue weighted by molar-refractivity contribution is 8.01. The predicted octanol–water partition coefficient (Wildman–Crippen LogP) is 1.41. The van der Waals surface area contributed by atoms with E-state index in [1.165, 1.54) is 40.2 Å². The molecule has 1 aliphatic carbocycles. The average Bonchev–Trinajstić information content (AvgIpc) is 3.75. The van der Waals surface area contributed by atoms with Crippen LogP contribution in [0, 0.1) is 0 Å². The zero-order valence-electron chi connectivity index (χ0n) is 22.6. The summed E-state index contributed by atoms with van der Waals surface area (Å²) in [5.74, 6) is -3.41. The molecule has 14 nitrogen and oxygen atoms in total. The fourth-order valence-electron chi connectivity index (χ4n) is 5.35. The number of thiazole rings is 2. The normalized spacial score (nSPS) is 19.4. The van der Waals surface area contributed by atoms with E-state index in [1.807, 2.05) is 16.8 Å². The molecular weight excluding hydrogens is 651 g/mol. The summed E-state index contributed by atoms with van der Waals surface area (Å²) in [6.45, 7) is 0.316. The van der Waals surface area contributed by atoms with Crippen molar-refractivity contribution >= 4 is 80.8 Å². The quantitative estimate of drug-likeness (QED) is 0.0516. The van der Waals surface area contributed by atoms with E-state index in [0.29, 0.717) is 22.2 Å². The van der Waals surface area contributed by atoms with E-state index in [-0.39, 0.29) is 32.9 Å². The standard InChI is InChI=1S/C26H23N7O7S4/c27-25-28-14(10-42-25)16(31-40)20(34)30-17-21(35)33-18(23(36)37)12(8-41-22(17)33)9-43-26-29-13(19(44-26)24(38)39)7-32-6-2-4-11-3-1-5-15(11)32/h2,4,6,10,17,22H,1,3,5,7-9H2,(H5-,27,28,30,34,36,37,38,39,40)/p+1/t17-,22?/m1/s1. The third-order valence-electron chi connectivity index (χ3n) is 7.32. The molecule has 18 heteroatoms. The third-order valence-corrected chi connectivity index (χ3v) is 11.6. The Labute approximate surface area is 265 Å². The van der Waals surface area contributed by atoms with Crippen molar-refractivity contribution in [1.29, 1.82) is 0 Å². The second-order valence-electron chi connectivity index (χ2n) is 9.95. The molecule has 44 heavy (non-hydrogen) atoms. The molecule has 3 aliphatic rings. The Hall–Kier alpha value is -4.00. The Morgan fingerprint density at radius 3 is 2.75 bits per heavy atom. The van der Waals surface area contributed by atoms with Crippen molar-refractivity contribution in [3.05, 3.63) is 62.5 Å². The van der Waals surface area contributed by atoms with Crippen LogP contribution in [0.4, 0.5) is 5.13 Å². The largest absolute Gasteiger partial charge is 0.477 e. The Balaban J connectivity index is 1.16. The zero-order valence-corrected chi connectivity index (χ0v) is 25.9. The maximum absolute atomic E-state index is 13.1. The van der Waals surface area contributed by atoms with Gasteiger partial charge in [-0.3, -0.25) is 14.5 Å². The van der Waals surface area contributed by atoms with E-state index in [4.69, 9.17) is 5.73 Å². The maximum atomic E-state index is 13.1. The number of oxime groups is 1. The van der Waals surface area contributed by atoms with Gasteiger partial charge in [0, 0.05) is 34.9 Å². The predicted molar refractivity (Wildman–Crippen MR) is 162 cm³/mol. The second kappa shape index (κ2) is 12.2. The molecule has 0 spiro atoms. The van der Waals surface area contributed by atoms with Gasteiger partial charge in [-0.2, -0.15) is 4.57 Å². The van der Waals surface area contributed by atoms with Crippen LogP contribution in [0.25, 0.3) is 0 Å². The SMILES string of the molecule is Nc1nc(/C(=N/O)C(=O)N[C@@H]2C(=O)N3C(C(=O)O)=C(CSc4nc(C[n+]5cccc6c5CCC6)c(C(=O)O)s4)CSC23)cs1. The lowest BCUT2D eigenvalue weighted by atomic mass is 10.0. The van der Waals surface area contributed by atoms with Crippen molar-refractivity contribution in [3.8, 4) is 0 Å². The maximum Gasteiger partial charge on any atom is 0.352 e. The molecule has 1 unspecified atom stereocenters. The van der Waals surface area contributed by atoms with Crippen LogP contribution in [-0.2, 0) is 33.8 Å². The Bertz CT molecular complexity index is 1770. The van der Waals surface area contributed by atoms with Gasteiger partial charge in [0.05, 0.1) is 0 Å². The first-order valence-corrected chi connectivity index (χ1v) is 16.9. The van der Waals surface area contributed by atoms with Gasteiger partial charge in [0.15, 0.2) is 33.6 Å². The topological polar surface area (TPSA) is 212 Å². The molecule has 3 aromatic heterocycles. The minimum atomic E-state index is -1.29. The summed E-state index contributed by atoms with van der Waals surface area (Å²) in [7, 11) is 0. The first-order chi connectivity index (χ1) is 21.2. The number of amides is 2. The summed E-state index contributed by atoms with van der Waals surface area (Å²) in [5, 5.41) is 35.6. The number of pyridine rings is 1. The molecule has 3 aromatic rings. The molecule has 2 amide bonds. The average molecular weight is 675 g/mol. The number of hydrogen-bond donors (Lipinski definition) is 5. The molecule has 0 radical (unpaired) electrons. The van der Waals surface area contributed by atoms with Crippen LogP contribution in [0.5, 0.6) is 0 Å². The summed E-state index contributed by atoms with van der Waals surface area (Å²) < 4.78 is 2.52. The van der Waals surface area contributed by atoms with E-state index in [2.05, 4.69) is 26.5 Å². The first kappa shape index (κ1) is 30.0. The van der Waals surface area contributed by atoms with Gasteiger partial charge in [0.1, 0.15) is 33.4 Å². The summed E-state index contributed by atoms with van der Waals surface area (Å²) in [6, 6.07) is 2.99. The van der Waals surface area contributed by atoms with Crippen LogP contribution in [0.15, 0.2) is 44.5 Å². The lowest BCUT2D eigenvalue weighted by molar-refractivity contribution is -0.695. The van der Waals surface area contributed by atoms with Crippen LogP contribution in [0.1, 0.15) is 38.7 Å². The minimum Gasteiger partial charge on any atom is -0.477 e. The smallest absolute Gasteiger partial charge is 0.352 e. The number of nitrogens with zero attached hydrogens (tertiary/aromatic N) is 5. The van der Waals surface area contributed by atoms with Gasteiger partial charge in [0.25, 0.3) is 11.8 Å². The summed E-state index contributed by atoms with van der Waals surface area (Å²) in [5.41, 5.74) is 8.38. The first-order valence-electron chi connectivity index (χ1n) is 13.2. The van der Waals surface area contributed by atoms with Crippen LogP contribution in [0.2, 0.25) is 0 Å². The molecular formula is C26H24N7O7S4+. The third kappa shape index (κ3) is 5.53. The number of carbonyl (C=O) groups is 4. The molecule has 0 saturated carbocycles. The lowest BCUT2D eigenvalue weighted by Gasteiger charge is -2.49. The van der Waals surface area contributed by atoms with Crippen molar-refractivity contribution in [2.45, 2.75) is 41.6 Å². The van der Waals surface area contributed by atoms with Gasteiger partial charge >= 0.3 is 11.9 Å². The fraction of sp³-hybridized carbons (Fsp3) is 0.308. The summed E-state index contributed by atoms with van der Waals surface area (Å²) in [4.78, 5) is 59.9. The van der Waals surface area contributed by atoms with Crippen LogP contribution in [-0.4, -0.2) is 82.7 Å². The van der Waals surface area contributed by atoms with Gasteiger partial charge in [0.2, 0.25) is 0 Å². The van der Waals surface area contributed by atoms with Crippen LogP contribution < -0.4 is 15.6 Å². The Morgan fingerprint density at radius 1 is 1.23 bits per heavy atom. The van der Waals surface area contributed by atoms with Gasteiger partial charge in [-0.25, -0.2) is 19.6 Å². The van der Waals surface area contributed by atoms with E-state index >= 15 is 0 Å². The van der Waals surface area contributed by atoms with Gasteiger partial charge in [-0.15, -0.1) is 34.4 Å². The lowest BCUT2D eigenvalue weighted by Crippen LogP contribution is -2.71. The number of carboxylic acid groups (broad SMARTS) is 2. The van der Waals surface area contributed by atoms with Gasteiger partial charge < -0.3 is 26.5 Å². The molecule has 2 aliphatic heterocycles. The molecule has 228 valence electrons. The number of fused-ring (bicyclic) bond motifs is 2. The van der Waals surface area contributed by atoms with E-state index in [0.717, 1.165) is 46.8 Å². The number of aromatic carboxylic acids is 1. The van der Waals surface area contributed by atoms with Gasteiger partial charge in [-0.1, -0.05) is 16.9 Å². The molecule has 1 fully saturated rings. The van der Waals surface area contributed by atoms with Crippen LogP contribution >= 0.6 is 46.2 Å². The molecule has 0 aromatic carbocycles. The molecule has 6 rings (SSSR count). The minimum absolute atomic E-state index is 0.0422. The van der Waals surface area contributed by atoms with Crippen molar-refractivity contribution in [3.63, 3.8) is 0 Å². The number of nitrogens with one attached hydrogen (secondary N) is 1. The molecule has 0 bridgehead atoms. The van der Waals surface area contributed by atoms with Crippen molar-refractivity contribution < 1.29 is 39.2 Å². The van der Waals surface area contributed by atoms with E-state index in [1.54, 1.807) is 0 Å². The summed E-state index contributed by atoms with van der Waals surface area (Å²) >= 11 is 4.58. The number of aryl methyl sites for hydroxylation is 1. The van der Waals surface area contributed by atoms with Crippen LogP contribution in [0.3, 0.4) is 0 Å². The number of β-lactam (4-membered cyclic amide) rings is 1. The number of carbonyl (C=O) groups excluding carboxylic acids is 2. The molecule has 2 atom stereocenters. The number of carboxylic acids is 2. The Kier molecular flexibility index (Phi) is 8.32. The van der Waals surface area contributed by atoms with Crippen molar-refractivity contribution in [2.75, 3.05) is 17.2 Å². The molecule has 1 saturated heterocycles. The number of anilines is 1. The van der Waals surface area contributed by atoms with E-state index < -0.39 is 40.9 Å². The number of aliphatic carboxylic acids is 1. The monoisotopic (exact) mass is 674 g/mol. The van der Waals surface area contributed by atoms with Crippen molar-refractivity contribution in [1.82, 2.24) is 20.2 Å². The van der Waals surface area contributed by atoms with E-state index in [9.17, 15) is 34.6 Å².